The molecule has 27 heavy (non-hydrogen) atoms. The Labute approximate surface area is 166 Å². The van der Waals surface area contributed by atoms with Crippen LogP contribution in [0.4, 0.5) is 5.00 Å². The van der Waals surface area contributed by atoms with Crippen molar-refractivity contribution < 1.29 is 9.59 Å². The summed E-state index contributed by atoms with van der Waals surface area (Å²) in [5.41, 5.74) is 1.78. The molecule has 0 aromatic carbocycles. The van der Waals surface area contributed by atoms with E-state index in [-0.39, 0.29) is 11.8 Å². The average molecular weight is 391 g/mol. The molecular formula is C20H30N4O2S. The lowest BCUT2D eigenvalue weighted by molar-refractivity contribution is -0.132. The van der Waals surface area contributed by atoms with Crippen molar-refractivity contribution in [3.8, 4) is 6.07 Å². The first-order valence-corrected chi connectivity index (χ1v) is 10.6. The Bertz CT molecular complexity index is 704. The van der Waals surface area contributed by atoms with Gasteiger partial charge < -0.3 is 10.2 Å². The molecule has 0 atom stereocenters. The number of nitrogens with one attached hydrogen (secondary N) is 1. The minimum Gasteiger partial charge on any atom is -0.342 e. The molecule has 0 aliphatic heterocycles. The van der Waals surface area contributed by atoms with E-state index >= 15 is 0 Å². The van der Waals surface area contributed by atoms with Gasteiger partial charge in [-0.2, -0.15) is 5.26 Å². The molecular weight excluding hydrogens is 360 g/mol. The quantitative estimate of drug-likeness (QED) is 0.692. The van der Waals surface area contributed by atoms with Gasteiger partial charge in [-0.15, -0.1) is 11.3 Å². The van der Waals surface area contributed by atoms with Gasteiger partial charge in [-0.25, -0.2) is 0 Å². The highest BCUT2D eigenvalue weighted by molar-refractivity contribution is 7.16. The Hall–Kier alpha value is -1.91. The van der Waals surface area contributed by atoms with Crippen molar-refractivity contribution in [2.75, 3.05) is 38.5 Å². The summed E-state index contributed by atoms with van der Waals surface area (Å²) in [6.45, 7) is 6.14. The number of aryl methyl sites for hydroxylation is 1. The topological polar surface area (TPSA) is 76.4 Å². The lowest BCUT2D eigenvalue weighted by Gasteiger charge is -2.22. The summed E-state index contributed by atoms with van der Waals surface area (Å²) in [6, 6.07) is 2.29. The van der Waals surface area contributed by atoms with Crippen LogP contribution in [0.1, 0.15) is 55.5 Å². The molecule has 0 saturated heterocycles. The van der Waals surface area contributed by atoms with Gasteiger partial charge in [0.2, 0.25) is 11.8 Å². The maximum atomic E-state index is 12.4. The second-order valence-corrected chi connectivity index (χ2v) is 8.09. The van der Waals surface area contributed by atoms with E-state index in [1.54, 1.807) is 16.2 Å². The molecule has 0 radical (unpaired) electrons. The monoisotopic (exact) mass is 390 g/mol. The summed E-state index contributed by atoms with van der Waals surface area (Å²) in [5.74, 6) is -0.0262. The molecule has 2 amide bonds. The molecule has 0 bridgehead atoms. The van der Waals surface area contributed by atoms with Gasteiger partial charge in [0.1, 0.15) is 11.1 Å². The maximum absolute atomic E-state index is 12.4. The number of nitrogens with zero attached hydrogens (tertiary/aromatic N) is 3. The summed E-state index contributed by atoms with van der Waals surface area (Å²) >= 11 is 1.55. The molecule has 6 nitrogen and oxygen atoms in total. The summed E-state index contributed by atoms with van der Waals surface area (Å²) in [6.07, 6.45) is 5.69. The molecule has 0 unspecified atom stereocenters. The van der Waals surface area contributed by atoms with Crippen LogP contribution in [0.25, 0.3) is 0 Å². The lowest BCUT2D eigenvalue weighted by Crippen LogP contribution is -2.39. The third-order valence-corrected chi connectivity index (χ3v) is 6.24. The number of nitriles is 1. The van der Waals surface area contributed by atoms with Crippen molar-refractivity contribution >= 4 is 28.2 Å². The fraction of sp³-hybridized carbons (Fsp3) is 0.650. The number of carbonyl (C=O) groups is 2. The third kappa shape index (κ3) is 5.78. The van der Waals surface area contributed by atoms with Crippen molar-refractivity contribution in [1.82, 2.24) is 9.80 Å². The van der Waals surface area contributed by atoms with Gasteiger partial charge >= 0.3 is 0 Å². The van der Waals surface area contributed by atoms with Crippen molar-refractivity contribution in [2.45, 2.75) is 52.4 Å². The Kier molecular flexibility index (Phi) is 8.26. The van der Waals surface area contributed by atoms with Crippen LogP contribution in [-0.2, 0) is 22.4 Å². The van der Waals surface area contributed by atoms with Crippen LogP contribution < -0.4 is 5.32 Å². The molecule has 0 spiro atoms. The van der Waals surface area contributed by atoms with E-state index in [0.717, 1.165) is 31.2 Å². The van der Waals surface area contributed by atoms with E-state index in [4.69, 9.17) is 0 Å². The zero-order valence-electron chi connectivity index (χ0n) is 16.6. The molecule has 0 fully saturated rings. The van der Waals surface area contributed by atoms with E-state index in [2.05, 4.69) is 11.4 Å². The molecule has 7 heteroatoms. The Morgan fingerprint density at radius 2 is 1.89 bits per heavy atom. The Morgan fingerprint density at radius 3 is 2.56 bits per heavy atom. The smallest absolute Gasteiger partial charge is 0.236 e. The first-order chi connectivity index (χ1) is 13.0. The average Bonchev–Trinajstić information content (AvgIpc) is 2.80. The number of rotatable bonds is 8. The van der Waals surface area contributed by atoms with Gasteiger partial charge in [0.15, 0.2) is 0 Å². The standard InChI is InChI=1S/C20H30N4O2S/c1-4-24(5-2)19(26)14-23(3)12-11-18(25)22-20-16(13-21)15-9-7-6-8-10-17(15)27-20/h4-12,14H2,1-3H3,(H,22,25). The normalized spacial score (nSPS) is 13.6. The number of hydrogen-bond acceptors (Lipinski definition) is 5. The van der Waals surface area contributed by atoms with Crippen LogP contribution >= 0.6 is 11.3 Å². The molecule has 1 aromatic heterocycles. The fourth-order valence-electron chi connectivity index (χ4n) is 3.42. The number of thiophene rings is 1. The summed E-state index contributed by atoms with van der Waals surface area (Å²) in [7, 11) is 1.85. The van der Waals surface area contributed by atoms with Crippen LogP contribution in [0.3, 0.4) is 0 Å². The van der Waals surface area contributed by atoms with Crippen molar-refractivity contribution in [3.05, 3.63) is 16.0 Å². The third-order valence-electron chi connectivity index (χ3n) is 5.03. The van der Waals surface area contributed by atoms with Crippen molar-refractivity contribution in [1.29, 1.82) is 5.26 Å². The molecule has 1 aliphatic carbocycles. The predicted octanol–water partition coefficient (Wildman–Crippen LogP) is 3.02. The number of amides is 2. The second kappa shape index (κ2) is 10.4. The number of carbonyl (C=O) groups excluding carboxylic acids is 2. The molecule has 148 valence electrons. The van der Waals surface area contributed by atoms with Crippen molar-refractivity contribution in [3.63, 3.8) is 0 Å². The first-order valence-electron chi connectivity index (χ1n) is 9.80. The van der Waals surface area contributed by atoms with Gasteiger partial charge in [0.05, 0.1) is 12.1 Å². The number of hydrogen-bond donors (Lipinski definition) is 1. The van der Waals surface area contributed by atoms with Gasteiger partial charge in [0, 0.05) is 30.9 Å². The van der Waals surface area contributed by atoms with Crippen molar-refractivity contribution in [2.24, 2.45) is 0 Å². The van der Waals surface area contributed by atoms with Gasteiger partial charge in [-0.05, 0) is 52.1 Å². The van der Waals surface area contributed by atoms with E-state index < -0.39 is 0 Å². The summed E-state index contributed by atoms with van der Waals surface area (Å²) in [5, 5.41) is 13.2. The number of fused-ring (bicyclic) bond motifs is 1. The van der Waals surface area contributed by atoms with Crippen LogP contribution in [0.15, 0.2) is 0 Å². The summed E-state index contributed by atoms with van der Waals surface area (Å²) in [4.78, 5) is 29.4. The lowest BCUT2D eigenvalue weighted by atomic mass is 10.1. The zero-order chi connectivity index (χ0) is 19.8. The minimum atomic E-state index is -0.106. The molecule has 1 N–H and O–H groups in total. The highest BCUT2D eigenvalue weighted by Gasteiger charge is 2.21. The maximum Gasteiger partial charge on any atom is 0.236 e. The predicted molar refractivity (Wildman–Crippen MR) is 109 cm³/mol. The highest BCUT2D eigenvalue weighted by Crippen LogP contribution is 2.36. The fourth-order valence-corrected chi connectivity index (χ4v) is 4.67. The Morgan fingerprint density at radius 1 is 1.19 bits per heavy atom. The van der Waals surface area contributed by atoms with Crippen LogP contribution in [-0.4, -0.2) is 54.8 Å². The number of likely N-dealkylation sites (N-methyl/N-ethyl adjacent to an activating group) is 2. The van der Waals surface area contributed by atoms with Crippen LogP contribution in [0, 0.1) is 11.3 Å². The highest BCUT2D eigenvalue weighted by atomic mass is 32.1. The molecule has 1 aliphatic rings. The SMILES string of the molecule is CCN(CC)C(=O)CN(C)CCC(=O)Nc1sc2c(c1C#N)CCCCC2. The molecule has 1 heterocycles. The first kappa shape index (κ1) is 21.4. The van der Waals surface area contributed by atoms with E-state index in [9.17, 15) is 14.9 Å². The molecule has 1 aromatic rings. The van der Waals surface area contributed by atoms with Crippen LogP contribution in [0.5, 0.6) is 0 Å². The molecule has 0 saturated carbocycles. The zero-order valence-corrected chi connectivity index (χ0v) is 17.5. The van der Waals surface area contributed by atoms with Crippen LogP contribution in [0.2, 0.25) is 0 Å². The number of anilines is 1. The Balaban J connectivity index is 1.89. The van der Waals surface area contributed by atoms with Gasteiger partial charge in [-0.3, -0.25) is 14.5 Å². The van der Waals surface area contributed by atoms with E-state index in [1.165, 1.54) is 11.3 Å². The minimum absolute atomic E-state index is 0.0803. The van der Waals surface area contributed by atoms with E-state index in [1.807, 2.05) is 25.8 Å². The second-order valence-electron chi connectivity index (χ2n) is 6.98. The van der Waals surface area contributed by atoms with Gasteiger partial charge in [-0.1, -0.05) is 6.42 Å². The van der Waals surface area contributed by atoms with Gasteiger partial charge in [0.25, 0.3) is 0 Å². The van der Waals surface area contributed by atoms with E-state index in [0.29, 0.717) is 43.2 Å². The molecule has 2 rings (SSSR count). The summed E-state index contributed by atoms with van der Waals surface area (Å²) < 4.78 is 0. The largest absolute Gasteiger partial charge is 0.342 e.